The maximum Gasteiger partial charge on any atom is 0.271 e. The minimum atomic E-state index is -1.09. The van der Waals surface area contributed by atoms with Gasteiger partial charge < -0.3 is 28.7 Å². The SMILES string of the molecule is C[C@]1(C(=O)NC2CCCCCC2)Cn2c(ccc2-c2ccco2)C(=O)N1Cc1ccc2c(c1)OCO2. The van der Waals surface area contributed by atoms with E-state index in [1.54, 1.807) is 11.2 Å². The highest BCUT2D eigenvalue weighted by atomic mass is 16.7. The first-order chi connectivity index (χ1) is 17.5. The molecule has 0 bridgehead atoms. The molecule has 8 heteroatoms. The largest absolute Gasteiger partial charge is 0.463 e. The number of amides is 2. The lowest BCUT2D eigenvalue weighted by atomic mass is 9.92. The fraction of sp³-hybridized carbons (Fsp3) is 0.429. The van der Waals surface area contributed by atoms with Gasteiger partial charge >= 0.3 is 0 Å². The summed E-state index contributed by atoms with van der Waals surface area (Å²) in [4.78, 5) is 29.6. The van der Waals surface area contributed by atoms with E-state index in [1.165, 1.54) is 12.8 Å². The molecule has 4 heterocycles. The van der Waals surface area contributed by atoms with Gasteiger partial charge in [0.15, 0.2) is 11.5 Å². The van der Waals surface area contributed by atoms with Crippen LogP contribution in [0.2, 0.25) is 0 Å². The van der Waals surface area contributed by atoms with Crippen molar-refractivity contribution in [1.82, 2.24) is 14.8 Å². The van der Waals surface area contributed by atoms with Crippen LogP contribution in [0.3, 0.4) is 0 Å². The number of rotatable bonds is 5. The van der Waals surface area contributed by atoms with Gasteiger partial charge in [-0.2, -0.15) is 0 Å². The molecule has 188 valence electrons. The van der Waals surface area contributed by atoms with Crippen LogP contribution >= 0.6 is 0 Å². The summed E-state index contributed by atoms with van der Waals surface area (Å²) in [6.45, 7) is 2.68. The molecule has 0 saturated heterocycles. The predicted octanol–water partition coefficient (Wildman–Crippen LogP) is 4.73. The molecule has 36 heavy (non-hydrogen) atoms. The van der Waals surface area contributed by atoms with Gasteiger partial charge in [-0.25, -0.2) is 0 Å². The second-order valence-corrected chi connectivity index (χ2v) is 10.2. The van der Waals surface area contributed by atoms with E-state index < -0.39 is 5.54 Å². The maximum atomic E-state index is 14.0. The van der Waals surface area contributed by atoms with Crippen LogP contribution in [0.15, 0.2) is 53.1 Å². The van der Waals surface area contributed by atoms with E-state index in [1.807, 2.05) is 54.0 Å². The Labute approximate surface area is 210 Å². The number of furan rings is 1. The average Bonchev–Trinajstić information content (AvgIpc) is 3.60. The number of hydrogen-bond donors (Lipinski definition) is 1. The van der Waals surface area contributed by atoms with Crippen LogP contribution in [0.1, 0.15) is 61.5 Å². The zero-order valence-corrected chi connectivity index (χ0v) is 20.5. The lowest BCUT2D eigenvalue weighted by molar-refractivity contribution is -0.134. The van der Waals surface area contributed by atoms with Crippen molar-refractivity contribution in [2.75, 3.05) is 6.79 Å². The molecule has 2 aromatic heterocycles. The molecule has 6 rings (SSSR count). The van der Waals surface area contributed by atoms with Crippen molar-refractivity contribution >= 4 is 11.8 Å². The second-order valence-electron chi connectivity index (χ2n) is 10.2. The minimum Gasteiger partial charge on any atom is -0.463 e. The molecule has 0 spiro atoms. The number of hydrogen-bond acceptors (Lipinski definition) is 5. The molecule has 0 unspecified atom stereocenters. The highest BCUT2D eigenvalue weighted by Crippen LogP contribution is 2.37. The van der Waals surface area contributed by atoms with Gasteiger partial charge in [0.05, 0.1) is 18.5 Å². The van der Waals surface area contributed by atoms with E-state index in [0.29, 0.717) is 29.5 Å². The molecule has 1 N–H and O–H groups in total. The van der Waals surface area contributed by atoms with Crippen molar-refractivity contribution < 1.29 is 23.5 Å². The lowest BCUT2D eigenvalue weighted by Crippen LogP contribution is -2.64. The maximum absolute atomic E-state index is 14.0. The topological polar surface area (TPSA) is 85.9 Å². The molecule has 1 aliphatic carbocycles. The fourth-order valence-corrected chi connectivity index (χ4v) is 5.65. The van der Waals surface area contributed by atoms with E-state index in [4.69, 9.17) is 13.9 Å². The van der Waals surface area contributed by atoms with E-state index in [2.05, 4.69) is 5.32 Å². The fourth-order valence-electron chi connectivity index (χ4n) is 5.65. The zero-order chi connectivity index (χ0) is 24.7. The normalized spacial score (nSPS) is 21.8. The monoisotopic (exact) mass is 489 g/mol. The molecule has 1 atom stereocenters. The minimum absolute atomic E-state index is 0.117. The predicted molar refractivity (Wildman–Crippen MR) is 133 cm³/mol. The van der Waals surface area contributed by atoms with Crippen LogP contribution in [0.4, 0.5) is 0 Å². The van der Waals surface area contributed by atoms with Crippen molar-refractivity contribution in [2.24, 2.45) is 0 Å². The highest BCUT2D eigenvalue weighted by Gasteiger charge is 2.48. The van der Waals surface area contributed by atoms with Gasteiger partial charge in [0.2, 0.25) is 12.7 Å². The van der Waals surface area contributed by atoms with Crippen LogP contribution in [-0.2, 0) is 17.9 Å². The van der Waals surface area contributed by atoms with Gasteiger partial charge in [-0.1, -0.05) is 31.7 Å². The molecule has 3 aliphatic rings. The molecule has 8 nitrogen and oxygen atoms in total. The molecule has 2 amide bonds. The van der Waals surface area contributed by atoms with E-state index >= 15 is 0 Å². The third-order valence-corrected chi connectivity index (χ3v) is 7.74. The number of benzene rings is 1. The summed E-state index contributed by atoms with van der Waals surface area (Å²) in [5.41, 5.74) is 1.13. The number of nitrogens with zero attached hydrogens (tertiary/aromatic N) is 2. The van der Waals surface area contributed by atoms with Gasteiger partial charge in [0, 0.05) is 12.6 Å². The number of nitrogens with one attached hydrogen (secondary N) is 1. The van der Waals surface area contributed by atoms with E-state index in [-0.39, 0.29) is 31.2 Å². The first-order valence-electron chi connectivity index (χ1n) is 12.8. The summed E-state index contributed by atoms with van der Waals surface area (Å²) >= 11 is 0. The molecule has 2 aliphatic heterocycles. The molecule has 0 radical (unpaired) electrons. The summed E-state index contributed by atoms with van der Waals surface area (Å²) in [6.07, 6.45) is 8.21. The molecular formula is C28H31N3O5. The molecule has 1 fully saturated rings. The van der Waals surface area contributed by atoms with Gasteiger partial charge in [-0.05, 0) is 61.7 Å². The summed E-state index contributed by atoms with van der Waals surface area (Å²) in [7, 11) is 0. The van der Waals surface area contributed by atoms with Crippen molar-refractivity contribution in [2.45, 2.75) is 70.1 Å². The number of ether oxygens (including phenoxy) is 2. The van der Waals surface area contributed by atoms with Crippen molar-refractivity contribution in [1.29, 1.82) is 0 Å². The second kappa shape index (κ2) is 9.08. The van der Waals surface area contributed by atoms with E-state index in [9.17, 15) is 9.59 Å². The number of aromatic nitrogens is 1. The molecule has 3 aromatic rings. The van der Waals surface area contributed by atoms with Gasteiger partial charge in [-0.3, -0.25) is 9.59 Å². The van der Waals surface area contributed by atoms with Gasteiger partial charge in [0.1, 0.15) is 17.0 Å². The first kappa shape index (κ1) is 22.8. The van der Waals surface area contributed by atoms with Crippen LogP contribution in [-0.4, -0.2) is 39.7 Å². The summed E-state index contributed by atoms with van der Waals surface area (Å²) < 4.78 is 18.5. The zero-order valence-electron chi connectivity index (χ0n) is 20.5. The number of carbonyl (C=O) groups excluding carboxylic acids is 2. The Hall–Kier alpha value is -3.68. The van der Waals surface area contributed by atoms with Crippen molar-refractivity contribution in [3.8, 4) is 23.0 Å². The Bertz CT molecular complexity index is 1270. The summed E-state index contributed by atoms with van der Waals surface area (Å²) in [5, 5.41) is 3.31. The quantitative estimate of drug-likeness (QED) is 0.524. The number of carbonyl (C=O) groups is 2. The third kappa shape index (κ3) is 3.94. The average molecular weight is 490 g/mol. The Morgan fingerprint density at radius 1 is 1.03 bits per heavy atom. The Balaban J connectivity index is 1.36. The standard InChI is InChI=1S/C28H31N3O5/c1-28(27(33)29-20-7-4-2-3-5-8-20)17-30-21(23-9-6-14-34-23)11-12-22(30)26(32)31(28)16-19-10-13-24-25(15-19)36-18-35-24/h6,9-15,20H,2-5,7-8,16-18H2,1H3,(H,29,33)/t28-/m1/s1. The highest BCUT2D eigenvalue weighted by molar-refractivity contribution is 6.00. The van der Waals surface area contributed by atoms with Crippen LogP contribution in [0, 0.1) is 0 Å². The van der Waals surface area contributed by atoms with Crippen LogP contribution in [0.25, 0.3) is 11.5 Å². The lowest BCUT2D eigenvalue weighted by Gasteiger charge is -2.45. The Morgan fingerprint density at radius 3 is 2.58 bits per heavy atom. The summed E-state index contributed by atoms with van der Waals surface area (Å²) in [6, 6.07) is 13.2. The third-order valence-electron chi connectivity index (χ3n) is 7.74. The smallest absolute Gasteiger partial charge is 0.271 e. The van der Waals surface area contributed by atoms with E-state index in [0.717, 1.165) is 36.9 Å². The first-order valence-corrected chi connectivity index (χ1v) is 12.8. The molecule has 1 saturated carbocycles. The summed E-state index contributed by atoms with van der Waals surface area (Å²) in [5.74, 6) is 1.72. The number of fused-ring (bicyclic) bond motifs is 2. The van der Waals surface area contributed by atoms with Gasteiger partial charge in [-0.15, -0.1) is 0 Å². The van der Waals surface area contributed by atoms with Crippen LogP contribution < -0.4 is 14.8 Å². The van der Waals surface area contributed by atoms with Crippen molar-refractivity contribution in [3.05, 3.63) is 60.0 Å². The molecular weight excluding hydrogens is 458 g/mol. The van der Waals surface area contributed by atoms with Crippen LogP contribution in [0.5, 0.6) is 11.5 Å². The Morgan fingerprint density at radius 2 is 1.81 bits per heavy atom. The van der Waals surface area contributed by atoms with Gasteiger partial charge in [0.25, 0.3) is 5.91 Å². The Kier molecular flexibility index (Phi) is 5.74. The van der Waals surface area contributed by atoms with Crippen molar-refractivity contribution in [3.63, 3.8) is 0 Å². The molecule has 1 aromatic carbocycles.